The summed E-state index contributed by atoms with van der Waals surface area (Å²) in [5, 5.41) is 3.41. The number of hydrogen-bond donors (Lipinski definition) is 1. The zero-order valence-electron chi connectivity index (χ0n) is 14.6. The molecule has 0 aromatic heterocycles. The minimum atomic E-state index is -0.123. The lowest BCUT2D eigenvalue weighted by molar-refractivity contribution is -0.122. The fourth-order valence-electron chi connectivity index (χ4n) is 2.62. The number of hydrogen-bond acceptors (Lipinski definition) is 3. The highest BCUT2D eigenvalue weighted by Gasteiger charge is 2.29. The third-order valence-electron chi connectivity index (χ3n) is 4.07. The molecule has 2 aromatic carbocycles. The number of carbonyl (C=O) groups is 1. The Morgan fingerprint density at radius 2 is 1.96 bits per heavy atom. The molecule has 3 rings (SSSR count). The molecular formula is C20H19BrN2O2S. The molecule has 1 amide bonds. The van der Waals surface area contributed by atoms with Gasteiger partial charge in [-0.25, -0.2) is 0 Å². The average molecular weight is 431 g/mol. The number of carbonyl (C=O) groups excluding carboxylic acids is 1. The monoisotopic (exact) mass is 430 g/mol. The van der Waals surface area contributed by atoms with Crippen molar-refractivity contribution in [3.8, 4) is 5.75 Å². The Bertz CT molecular complexity index is 878. The largest absolute Gasteiger partial charge is 0.488 e. The van der Waals surface area contributed by atoms with E-state index in [1.807, 2.05) is 37.3 Å². The lowest BCUT2D eigenvalue weighted by Gasteiger charge is -2.11. The van der Waals surface area contributed by atoms with Gasteiger partial charge in [-0.1, -0.05) is 45.8 Å². The summed E-state index contributed by atoms with van der Waals surface area (Å²) in [5.74, 6) is 0.582. The predicted molar refractivity (Wildman–Crippen MR) is 111 cm³/mol. The fraction of sp³-hybridized carbons (Fsp3) is 0.200. The van der Waals surface area contributed by atoms with Crippen LogP contribution >= 0.6 is 28.1 Å². The van der Waals surface area contributed by atoms with Crippen molar-refractivity contribution < 1.29 is 9.53 Å². The van der Waals surface area contributed by atoms with Gasteiger partial charge in [0.1, 0.15) is 18.1 Å². The quantitative estimate of drug-likeness (QED) is 0.563. The van der Waals surface area contributed by atoms with Gasteiger partial charge in [0, 0.05) is 16.6 Å². The van der Waals surface area contributed by atoms with E-state index in [0.717, 1.165) is 15.6 Å². The molecule has 0 atom stereocenters. The van der Waals surface area contributed by atoms with Crippen LogP contribution in [-0.2, 0) is 11.4 Å². The van der Waals surface area contributed by atoms with Crippen LogP contribution in [0.1, 0.15) is 23.6 Å². The van der Waals surface area contributed by atoms with E-state index in [9.17, 15) is 4.79 Å². The second kappa shape index (κ2) is 8.01. The highest BCUT2D eigenvalue weighted by Crippen LogP contribution is 2.27. The summed E-state index contributed by atoms with van der Waals surface area (Å²) < 4.78 is 6.90. The Hall–Kier alpha value is -2.18. The second-order valence-electron chi connectivity index (χ2n) is 5.99. The number of thiocarbonyl (C=S) groups is 1. The van der Waals surface area contributed by atoms with Gasteiger partial charge < -0.3 is 10.1 Å². The van der Waals surface area contributed by atoms with Crippen molar-refractivity contribution >= 4 is 45.2 Å². The van der Waals surface area contributed by atoms with Gasteiger partial charge in [0.15, 0.2) is 5.11 Å². The smallest absolute Gasteiger partial charge is 0.276 e. The summed E-state index contributed by atoms with van der Waals surface area (Å²) in [6.07, 6.45) is 1.78. The van der Waals surface area contributed by atoms with Gasteiger partial charge in [0.25, 0.3) is 5.91 Å². The van der Waals surface area contributed by atoms with Crippen LogP contribution in [0.3, 0.4) is 0 Å². The Balaban J connectivity index is 1.84. The van der Waals surface area contributed by atoms with Crippen LogP contribution in [0.25, 0.3) is 6.08 Å². The van der Waals surface area contributed by atoms with Crippen molar-refractivity contribution in [2.45, 2.75) is 20.5 Å². The highest BCUT2D eigenvalue weighted by atomic mass is 79.9. The van der Waals surface area contributed by atoms with E-state index < -0.39 is 0 Å². The summed E-state index contributed by atoms with van der Waals surface area (Å²) in [4.78, 5) is 13.9. The molecule has 4 nitrogen and oxygen atoms in total. The molecule has 6 heteroatoms. The van der Waals surface area contributed by atoms with E-state index in [0.29, 0.717) is 29.7 Å². The zero-order valence-corrected chi connectivity index (χ0v) is 17.0. The van der Waals surface area contributed by atoms with Gasteiger partial charge in [-0.05, 0) is 55.9 Å². The van der Waals surface area contributed by atoms with Crippen LogP contribution in [0.2, 0.25) is 0 Å². The van der Waals surface area contributed by atoms with Gasteiger partial charge in [0.05, 0.1) is 0 Å². The number of amides is 1. The van der Waals surface area contributed by atoms with Gasteiger partial charge in [-0.3, -0.25) is 9.69 Å². The first-order chi connectivity index (χ1) is 12.5. The lowest BCUT2D eigenvalue weighted by Crippen LogP contribution is -2.30. The summed E-state index contributed by atoms with van der Waals surface area (Å²) >= 11 is 8.68. The molecule has 0 bridgehead atoms. The third kappa shape index (κ3) is 4.14. The Morgan fingerprint density at radius 3 is 2.62 bits per heavy atom. The molecule has 1 fully saturated rings. The Labute approximate surface area is 167 Å². The minimum absolute atomic E-state index is 0.123. The van der Waals surface area contributed by atoms with E-state index >= 15 is 0 Å². The van der Waals surface area contributed by atoms with E-state index in [-0.39, 0.29) is 5.91 Å². The lowest BCUT2D eigenvalue weighted by atomic mass is 10.1. The minimum Gasteiger partial charge on any atom is -0.488 e. The van der Waals surface area contributed by atoms with Crippen LogP contribution in [0.15, 0.2) is 52.6 Å². The van der Waals surface area contributed by atoms with Crippen molar-refractivity contribution in [1.82, 2.24) is 10.2 Å². The van der Waals surface area contributed by atoms with Gasteiger partial charge in [-0.2, -0.15) is 0 Å². The van der Waals surface area contributed by atoms with Crippen molar-refractivity contribution in [1.29, 1.82) is 0 Å². The molecule has 26 heavy (non-hydrogen) atoms. The molecule has 0 aliphatic carbocycles. The molecule has 0 radical (unpaired) electrons. The zero-order chi connectivity index (χ0) is 18.7. The van der Waals surface area contributed by atoms with Crippen molar-refractivity contribution in [2.75, 3.05) is 6.54 Å². The van der Waals surface area contributed by atoms with Crippen LogP contribution < -0.4 is 10.1 Å². The van der Waals surface area contributed by atoms with Gasteiger partial charge >= 0.3 is 0 Å². The number of benzene rings is 2. The van der Waals surface area contributed by atoms with Crippen molar-refractivity contribution in [3.63, 3.8) is 0 Å². The third-order valence-corrected chi connectivity index (χ3v) is 4.88. The molecule has 1 aliphatic heterocycles. The van der Waals surface area contributed by atoms with Crippen LogP contribution in [-0.4, -0.2) is 22.5 Å². The summed E-state index contributed by atoms with van der Waals surface area (Å²) in [6.45, 7) is 4.94. The molecule has 1 aliphatic rings. The van der Waals surface area contributed by atoms with Crippen molar-refractivity contribution in [3.05, 3.63) is 69.3 Å². The standard InChI is InChI=1S/C20H19BrN2O2S/c1-3-23-19(24)17(22-20(23)26)11-15-10-16(21)8-9-18(15)25-12-14-6-4-13(2)5-7-14/h4-11H,3,12H2,1-2H3,(H,22,26)/b17-11-. The number of likely N-dealkylation sites (N-methyl/N-ethyl adjacent to an activating group) is 1. The first-order valence-electron chi connectivity index (χ1n) is 8.30. The van der Waals surface area contributed by atoms with Crippen molar-refractivity contribution in [2.24, 2.45) is 0 Å². The maximum Gasteiger partial charge on any atom is 0.276 e. The number of ether oxygens (including phenoxy) is 1. The molecule has 2 aromatic rings. The molecule has 0 unspecified atom stereocenters. The number of aryl methyl sites for hydroxylation is 1. The molecule has 1 N–H and O–H groups in total. The number of rotatable bonds is 5. The number of nitrogens with one attached hydrogen (secondary N) is 1. The van der Waals surface area contributed by atoms with Crippen LogP contribution in [0.4, 0.5) is 0 Å². The molecule has 1 heterocycles. The summed E-state index contributed by atoms with van der Waals surface area (Å²) in [7, 11) is 0. The van der Waals surface area contributed by atoms with E-state index in [4.69, 9.17) is 17.0 Å². The van der Waals surface area contributed by atoms with Crippen LogP contribution in [0, 0.1) is 6.92 Å². The first-order valence-corrected chi connectivity index (χ1v) is 9.50. The maximum atomic E-state index is 12.4. The molecular weight excluding hydrogens is 412 g/mol. The Kier molecular flexibility index (Phi) is 5.74. The molecule has 1 saturated heterocycles. The number of nitrogens with zero attached hydrogens (tertiary/aromatic N) is 1. The normalized spacial score (nSPS) is 15.5. The van der Waals surface area contributed by atoms with E-state index in [2.05, 4.69) is 40.3 Å². The predicted octanol–water partition coefficient (Wildman–Crippen LogP) is 4.41. The topological polar surface area (TPSA) is 41.6 Å². The van der Waals surface area contributed by atoms with Crippen LogP contribution in [0.5, 0.6) is 5.75 Å². The fourth-order valence-corrected chi connectivity index (χ4v) is 3.32. The summed E-state index contributed by atoms with van der Waals surface area (Å²) in [6, 6.07) is 13.9. The molecule has 134 valence electrons. The second-order valence-corrected chi connectivity index (χ2v) is 7.30. The van der Waals surface area contributed by atoms with E-state index in [1.165, 1.54) is 10.5 Å². The van der Waals surface area contributed by atoms with Gasteiger partial charge in [0.2, 0.25) is 0 Å². The highest BCUT2D eigenvalue weighted by molar-refractivity contribution is 9.10. The average Bonchev–Trinajstić information content (AvgIpc) is 2.88. The molecule has 0 saturated carbocycles. The Morgan fingerprint density at radius 1 is 1.23 bits per heavy atom. The maximum absolute atomic E-state index is 12.4. The van der Waals surface area contributed by atoms with Gasteiger partial charge in [-0.15, -0.1) is 0 Å². The number of halogens is 1. The van der Waals surface area contributed by atoms with E-state index in [1.54, 1.807) is 6.08 Å². The SMILES string of the molecule is CCN1C(=O)/C(=C/c2cc(Br)ccc2OCc2ccc(C)cc2)NC1=S. The summed E-state index contributed by atoms with van der Waals surface area (Å²) in [5.41, 5.74) is 3.56. The molecule has 0 spiro atoms. The first kappa shape index (κ1) is 18.6.